The molecule has 96 valence electrons. The molecule has 0 aliphatic carbocycles. The first-order valence-corrected chi connectivity index (χ1v) is 6.86. The fraction of sp³-hybridized carbons (Fsp3) is 0.429. The van der Waals surface area contributed by atoms with Crippen molar-refractivity contribution in [2.75, 3.05) is 0 Å². The molecule has 0 amide bonds. The largest absolute Gasteiger partial charge is 0.481 e. The van der Waals surface area contributed by atoms with Crippen molar-refractivity contribution in [1.82, 2.24) is 4.98 Å². The van der Waals surface area contributed by atoms with Gasteiger partial charge in [-0.25, -0.2) is 4.98 Å². The van der Waals surface area contributed by atoms with Crippen molar-refractivity contribution in [1.29, 1.82) is 0 Å². The predicted octanol–water partition coefficient (Wildman–Crippen LogP) is 3.51. The van der Waals surface area contributed by atoms with Gasteiger partial charge in [-0.3, -0.25) is 4.79 Å². The monoisotopic (exact) mass is 263 g/mol. The zero-order valence-corrected chi connectivity index (χ0v) is 11.7. The summed E-state index contributed by atoms with van der Waals surface area (Å²) in [4.78, 5) is 15.6. The van der Waals surface area contributed by atoms with E-state index in [2.05, 4.69) is 18.0 Å². The molecule has 4 heteroatoms. The first kappa shape index (κ1) is 13.0. The Balaban J connectivity index is 2.32. The van der Waals surface area contributed by atoms with Gasteiger partial charge >= 0.3 is 5.97 Å². The molecule has 0 unspecified atom stereocenters. The maximum Gasteiger partial charge on any atom is 0.309 e. The van der Waals surface area contributed by atoms with Crippen molar-refractivity contribution in [3.8, 4) is 0 Å². The second kappa shape index (κ2) is 4.69. The molecule has 3 nitrogen and oxygen atoms in total. The molecule has 0 aliphatic heterocycles. The Hall–Kier alpha value is -1.42. The number of aryl methyl sites for hydroxylation is 1. The van der Waals surface area contributed by atoms with E-state index in [4.69, 9.17) is 5.11 Å². The number of carbonyl (C=O) groups is 1. The third-order valence-electron chi connectivity index (χ3n) is 3.02. The van der Waals surface area contributed by atoms with Crippen LogP contribution in [-0.4, -0.2) is 16.1 Å². The molecule has 0 spiro atoms. The minimum absolute atomic E-state index is 0.539. The molecule has 0 fully saturated rings. The first-order chi connectivity index (χ1) is 8.42. The van der Waals surface area contributed by atoms with Gasteiger partial charge in [-0.05, 0) is 44.4 Å². The van der Waals surface area contributed by atoms with Gasteiger partial charge in [0.1, 0.15) is 0 Å². The van der Waals surface area contributed by atoms with Crippen LogP contribution in [0.5, 0.6) is 0 Å². The van der Waals surface area contributed by atoms with E-state index in [0.29, 0.717) is 6.42 Å². The van der Waals surface area contributed by atoms with E-state index in [-0.39, 0.29) is 0 Å². The number of thiazole rings is 1. The SMILES string of the molecule is CCc1nc2ccc(CC(C)(C)C(=O)O)cc2s1. The van der Waals surface area contributed by atoms with E-state index in [0.717, 1.165) is 27.2 Å². The number of nitrogens with zero attached hydrogens (tertiary/aromatic N) is 1. The Kier molecular flexibility index (Phi) is 3.39. The second-order valence-electron chi connectivity index (χ2n) is 5.13. The van der Waals surface area contributed by atoms with E-state index in [1.807, 2.05) is 12.1 Å². The Morgan fingerprint density at radius 3 is 2.78 bits per heavy atom. The van der Waals surface area contributed by atoms with Crippen molar-refractivity contribution in [3.63, 3.8) is 0 Å². The van der Waals surface area contributed by atoms with Crippen molar-refractivity contribution in [3.05, 3.63) is 28.8 Å². The molecule has 0 saturated heterocycles. The number of benzene rings is 1. The molecular weight excluding hydrogens is 246 g/mol. The first-order valence-electron chi connectivity index (χ1n) is 6.04. The highest BCUT2D eigenvalue weighted by Crippen LogP contribution is 2.27. The maximum absolute atomic E-state index is 11.1. The molecule has 2 rings (SSSR count). The minimum atomic E-state index is -0.763. The number of aromatic nitrogens is 1. The van der Waals surface area contributed by atoms with Gasteiger partial charge in [0.05, 0.1) is 20.6 Å². The van der Waals surface area contributed by atoms with Crippen LogP contribution in [0.4, 0.5) is 0 Å². The quantitative estimate of drug-likeness (QED) is 0.918. The lowest BCUT2D eigenvalue weighted by Crippen LogP contribution is -2.26. The predicted molar refractivity (Wildman–Crippen MR) is 74.1 cm³/mol. The van der Waals surface area contributed by atoms with Crippen molar-refractivity contribution in [2.24, 2.45) is 5.41 Å². The van der Waals surface area contributed by atoms with Gasteiger partial charge in [-0.2, -0.15) is 0 Å². The summed E-state index contributed by atoms with van der Waals surface area (Å²) in [7, 11) is 0. The van der Waals surface area contributed by atoms with Gasteiger partial charge < -0.3 is 5.11 Å². The topological polar surface area (TPSA) is 50.2 Å². The third kappa shape index (κ3) is 2.53. The number of hydrogen-bond acceptors (Lipinski definition) is 3. The molecule has 1 aromatic carbocycles. The molecule has 0 radical (unpaired) electrons. The number of aliphatic carboxylic acids is 1. The van der Waals surface area contributed by atoms with Crippen LogP contribution in [0.25, 0.3) is 10.2 Å². The van der Waals surface area contributed by atoms with Crippen molar-refractivity contribution in [2.45, 2.75) is 33.6 Å². The third-order valence-corrected chi connectivity index (χ3v) is 4.19. The Morgan fingerprint density at radius 1 is 1.44 bits per heavy atom. The number of carboxylic acid groups (broad SMARTS) is 1. The van der Waals surface area contributed by atoms with E-state index in [1.54, 1.807) is 25.2 Å². The summed E-state index contributed by atoms with van der Waals surface area (Å²) in [6.07, 6.45) is 1.48. The van der Waals surface area contributed by atoms with E-state index in [1.165, 1.54) is 0 Å². The highest BCUT2D eigenvalue weighted by Gasteiger charge is 2.27. The van der Waals surface area contributed by atoms with Crippen LogP contribution in [0, 0.1) is 5.41 Å². The summed E-state index contributed by atoms with van der Waals surface area (Å²) in [6.45, 7) is 5.60. The van der Waals surface area contributed by atoms with Crippen LogP contribution in [0.1, 0.15) is 31.3 Å². The molecule has 1 aromatic heterocycles. The molecule has 1 N–H and O–H groups in total. The summed E-state index contributed by atoms with van der Waals surface area (Å²) < 4.78 is 1.14. The maximum atomic E-state index is 11.1. The smallest absolute Gasteiger partial charge is 0.309 e. The lowest BCUT2D eigenvalue weighted by atomic mass is 9.86. The highest BCUT2D eigenvalue weighted by atomic mass is 32.1. The minimum Gasteiger partial charge on any atom is -0.481 e. The average molecular weight is 263 g/mol. The summed E-state index contributed by atoms with van der Waals surface area (Å²) in [5.74, 6) is -0.763. The second-order valence-corrected chi connectivity index (χ2v) is 6.24. The zero-order chi connectivity index (χ0) is 13.3. The number of fused-ring (bicyclic) bond motifs is 1. The Labute approximate surface area is 110 Å². The zero-order valence-electron chi connectivity index (χ0n) is 10.9. The summed E-state index contributed by atoms with van der Waals surface area (Å²) in [5.41, 5.74) is 1.33. The van der Waals surface area contributed by atoms with Gasteiger partial charge in [0, 0.05) is 0 Å². The van der Waals surface area contributed by atoms with Crippen LogP contribution in [0.2, 0.25) is 0 Å². The van der Waals surface area contributed by atoms with E-state index in [9.17, 15) is 4.79 Å². The van der Waals surface area contributed by atoms with Gasteiger partial charge in [0.25, 0.3) is 0 Å². The highest BCUT2D eigenvalue weighted by molar-refractivity contribution is 7.18. The van der Waals surface area contributed by atoms with Crippen LogP contribution in [-0.2, 0) is 17.6 Å². The normalized spacial score (nSPS) is 11.9. The van der Waals surface area contributed by atoms with Gasteiger partial charge in [-0.1, -0.05) is 13.0 Å². The average Bonchev–Trinajstić information content (AvgIpc) is 2.70. The van der Waals surface area contributed by atoms with E-state index >= 15 is 0 Å². The fourth-order valence-corrected chi connectivity index (χ4v) is 2.83. The standard InChI is InChI=1S/C14H17NO2S/c1-4-12-15-10-6-5-9(7-11(10)18-12)8-14(2,3)13(16)17/h5-7H,4,8H2,1-3H3,(H,16,17). The Morgan fingerprint density at radius 2 is 2.17 bits per heavy atom. The number of rotatable bonds is 4. The van der Waals surface area contributed by atoms with Crippen LogP contribution < -0.4 is 0 Å². The molecule has 1 heterocycles. The number of hydrogen-bond donors (Lipinski definition) is 1. The van der Waals surface area contributed by atoms with Crippen LogP contribution in [0.3, 0.4) is 0 Å². The van der Waals surface area contributed by atoms with Gasteiger partial charge in [0.15, 0.2) is 0 Å². The van der Waals surface area contributed by atoms with Gasteiger partial charge in [-0.15, -0.1) is 11.3 Å². The van der Waals surface area contributed by atoms with E-state index < -0.39 is 11.4 Å². The molecule has 0 saturated carbocycles. The molecular formula is C14H17NO2S. The molecule has 0 aliphatic rings. The number of carboxylic acids is 1. The molecule has 0 atom stereocenters. The van der Waals surface area contributed by atoms with Crippen molar-refractivity contribution < 1.29 is 9.90 Å². The Bertz CT molecular complexity index is 586. The molecule has 0 bridgehead atoms. The van der Waals surface area contributed by atoms with Gasteiger partial charge in [0.2, 0.25) is 0 Å². The van der Waals surface area contributed by atoms with Crippen LogP contribution in [0.15, 0.2) is 18.2 Å². The lowest BCUT2D eigenvalue weighted by molar-refractivity contribution is -0.146. The molecule has 18 heavy (non-hydrogen) atoms. The summed E-state index contributed by atoms with van der Waals surface area (Å²) in [6, 6.07) is 6.03. The fourth-order valence-electron chi connectivity index (χ4n) is 1.86. The molecule has 2 aromatic rings. The summed E-state index contributed by atoms with van der Waals surface area (Å²) in [5, 5.41) is 10.3. The summed E-state index contributed by atoms with van der Waals surface area (Å²) >= 11 is 1.69. The van der Waals surface area contributed by atoms with Crippen LogP contribution >= 0.6 is 11.3 Å². The lowest BCUT2D eigenvalue weighted by Gasteiger charge is -2.18. The van der Waals surface area contributed by atoms with Crippen molar-refractivity contribution >= 4 is 27.5 Å².